The van der Waals surface area contributed by atoms with Gasteiger partial charge in [0.25, 0.3) is 5.91 Å². The number of carbonyl (C=O) groups is 3. The summed E-state index contributed by atoms with van der Waals surface area (Å²) in [5.74, 6) is -1.42. The second-order valence-electron chi connectivity index (χ2n) is 5.33. The zero-order chi connectivity index (χ0) is 16.8. The molecule has 0 saturated carbocycles. The van der Waals surface area contributed by atoms with E-state index in [1.807, 2.05) is 30.3 Å². The van der Waals surface area contributed by atoms with Gasteiger partial charge >= 0.3 is 5.97 Å². The first-order valence-electron chi connectivity index (χ1n) is 7.39. The van der Waals surface area contributed by atoms with Crippen LogP contribution in [0.1, 0.15) is 37.3 Å². The Morgan fingerprint density at radius 1 is 1.30 bits per heavy atom. The van der Waals surface area contributed by atoms with Gasteiger partial charge in [0.2, 0.25) is 5.91 Å². The third-order valence-electron chi connectivity index (χ3n) is 3.62. The summed E-state index contributed by atoms with van der Waals surface area (Å²) >= 11 is 0. The number of nitrogens with one attached hydrogen (secondary N) is 1. The average Bonchev–Trinajstić information content (AvgIpc) is 2.54. The first kappa shape index (κ1) is 16.7. The van der Waals surface area contributed by atoms with Crippen molar-refractivity contribution in [2.24, 2.45) is 5.10 Å². The number of benzene rings is 1. The van der Waals surface area contributed by atoms with Crippen molar-refractivity contribution >= 4 is 23.5 Å². The second kappa shape index (κ2) is 7.53. The number of carboxylic acid groups (broad SMARTS) is 1. The lowest BCUT2D eigenvalue weighted by molar-refractivity contribution is -0.137. The van der Waals surface area contributed by atoms with Gasteiger partial charge in [-0.1, -0.05) is 30.3 Å². The first-order valence-corrected chi connectivity index (χ1v) is 7.39. The van der Waals surface area contributed by atoms with Gasteiger partial charge < -0.3 is 10.4 Å². The highest BCUT2D eigenvalue weighted by molar-refractivity contribution is 6.39. The number of nitrogens with zero attached hydrogens (tertiary/aromatic N) is 2. The molecular weight excluding hydrogens is 298 g/mol. The van der Waals surface area contributed by atoms with E-state index in [9.17, 15) is 14.4 Å². The number of aliphatic carboxylic acids is 1. The molecule has 0 spiro atoms. The zero-order valence-corrected chi connectivity index (χ0v) is 12.9. The van der Waals surface area contributed by atoms with Crippen molar-refractivity contribution in [3.8, 4) is 0 Å². The van der Waals surface area contributed by atoms with Gasteiger partial charge in [-0.3, -0.25) is 14.4 Å². The molecule has 0 saturated heterocycles. The Bertz CT molecular complexity index is 627. The van der Waals surface area contributed by atoms with E-state index in [-0.39, 0.29) is 43.2 Å². The van der Waals surface area contributed by atoms with Crippen molar-refractivity contribution in [3.05, 3.63) is 35.9 Å². The minimum Gasteiger partial charge on any atom is -0.481 e. The van der Waals surface area contributed by atoms with E-state index in [1.54, 1.807) is 0 Å². The first-order chi connectivity index (χ1) is 11.0. The van der Waals surface area contributed by atoms with Gasteiger partial charge in [0.15, 0.2) is 0 Å². The van der Waals surface area contributed by atoms with Gasteiger partial charge in [-0.25, -0.2) is 5.01 Å². The number of hydrazone groups is 1. The molecule has 1 atom stereocenters. The Labute approximate surface area is 134 Å². The van der Waals surface area contributed by atoms with Gasteiger partial charge in [-0.2, -0.15) is 5.10 Å². The summed E-state index contributed by atoms with van der Waals surface area (Å²) in [4.78, 5) is 34.6. The van der Waals surface area contributed by atoms with Crippen LogP contribution in [0.2, 0.25) is 0 Å². The Morgan fingerprint density at radius 3 is 2.61 bits per heavy atom. The van der Waals surface area contributed by atoms with Crippen LogP contribution >= 0.6 is 0 Å². The summed E-state index contributed by atoms with van der Waals surface area (Å²) in [5.41, 5.74) is 1.12. The fraction of sp³-hybridized carbons (Fsp3) is 0.375. The van der Waals surface area contributed by atoms with E-state index in [2.05, 4.69) is 10.4 Å². The fourth-order valence-corrected chi connectivity index (χ4v) is 2.35. The molecule has 7 heteroatoms. The number of hydrogen-bond donors (Lipinski definition) is 2. The van der Waals surface area contributed by atoms with Crippen molar-refractivity contribution in [2.45, 2.75) is 31.7 Å². The number of hydrogen-bond acceptors (Lipinski definition) is 4. The predicted molar refractivity (Wildman–Crippen MR) is 83.6 cm³/mol. The summed E-state index contributed by atoms with van der Waals surface area (Å²) in [6.07, 6.45) is 0.765. The number of carbonyl (C=O) groups excluding carboxylic acids is 2. The molecule has 2 rings (SSSR count). The van der Waals surface area contributed by atoms with E-state index in [4.69, 9.17) is 5.11 Å². The summed E-state index contributed by atoms with van der Waals surface area (Å²) < 4.78 is 0. The van der Waals surface area contributed by atoms with Crippen LogP contribution in [0.3, 0.4) is 0 Å². The molecule has 0 aliphatic carbocycles. The molecule has 1 aromatic carbocycles. The average molecular weight is 317 g/mol. The molecule has 0 radical (unpaired) electrons. The highest BCUT2D eigenvalue weighted by atomic mass is 16.4. The highest BCUT2D eigenvalue weighted by Crippen LogP contribution is 2.19. The fourth-order valence-electron chi connectivity index (χ4n) is 2.35. The molecule has 1 unspecified atom stereocenters. The molecule has 122 valence electrons. The van der Waals surface area contributed by atoms with Crippen LogP contribution in [0.4, 0.5) is 0 Å². The smallest absolute Gasteiger partial charge is 0.303 e. The topological polar surface area (TPSA) is 99.1 Å². The molecule has 0 fully saturated rings. The van der Waals surface area contributed by atoms with Crippen molar-refractivity contribution in [1.29, 1.82) is 0 Å². The van der Waals surface area contributed by atoms with Crippen LogP contribution in [0.15, 0.2) is 35.4 Å². The van der Waals surface area contributed by atoms with Crippen LogP contribution in [-0.4, -0.2) is 40.7 Å². The molecule has 1 aliphatic heterocycles. The number of rotatable bonds is 6. The standard InChI is InChI=1S/C16H19N3O4/c1-19-14(20)9-7-13(18-19)16(23)17-12(8-10-15(21)22)11-5-3-2-4-6-11/h2-6,12H,7-10H2,1H3,(H,17,23)(H,21,22). The van der Waals surface area contributed by atoms with Crippen molar-refractivity contribution in [1.82, 2.24) is 10.3 Å². The van der Waals surface area contributed by atoms with Crippen LogP contribution in [0, 0.1) is 0 Å². The van der Waals surface area contributed by atoms with Gasteiger partial charge in [0.05, 0.1) is 6.04 Å². The van der Waals surface area contributed by atoms with E-state index < -0.39 is 12.0 Å². The Kier molecular flexibility index (Phi) is 5.46. The molecule has 0 aromatic heterocycles. The monoisotopic (exact) mass is 317 g/mol. The summed E-state index contributed by atoms with van der Waals surface area (Å²) in [5, 5.41) is 16.8. The molecule has 7 nitrogen and oxygen atoms in total. The van der Waals surface area contributed by atoms with Crippen LogP contribution in [-0.2, 0) is 14.4 Å². The molecule has 1 heterocycles. The van der Waals surface area contributed by atoms with Crippen LogP contribution in [0.25, 0.3) is 0 Å². The summed E-state index contributed by atoms with van der Waals surface area (Å²) in [7, 11) is 1.51. The minimum atomic E-state index is -0.916. The lowest BCUT2D eigenvalue weighted by Gasteiger charge is -2.22. The van der Waals surface area contributed by atoms with Gasteiger partial charge in [0, 0.05) is 26.3 Å². The molecule has 23 heavy (non-hydrogen) atoms. The normalized spacial score (nSPS) is 15.8. The van der Waals surface area contributed by atoms with Gasteiger partial charge in [0.1, 0.15) is 5.71 Å². The van der Waals surface area contributed by atoms with Gasteiger partial charge in [-0.15, -0.1) is 0 Å². The highest BCUT2D eigenvalue weighted by Gasteiger charge is 2.24. The number of carboxylic acids is 1. The lowest BCUT2D eigenvalue weighted by atomic mass is 10.0. The Morgan fingerprint density at radius 2 is 2.00 bits per heavy atom. The molecule has 2 N–H and O–H groups in total. The van der Waals surface area contributed by atoms with E-state index in [0.717, 1.165) is 10.6 Å². The number of amides is 2. The quantitative estimate of drug-likeness (QED) is 0.826. The maximum atomic E-state index is 12.4. The minimum absolute atomic E-state index is 0.0509. The van der Waals surface area contributed by atoms with Crippen LogP contribution in [0.5, 0.6) is 0 Å². The third kappa shape index (κ3) is 4.64. The van der Waals surface area contributed by atoms with E-state index in [0.29, 0.717) is 0 Å². The second-order valence-corrected chi connectivity index (χ2v) is 5.33. The molecule has 0 bridgehead atoms. The third-order valence-corrected chi connectivity index (χ3v) is 3.62. The lowest BCUT2D eigenvalue weighted by Crippen LogP contribution is -2.39. The molecular formula is C16H19N3O4. The van der Waals surface area contributed by atoms with Crippen molar-refractivity contribution in [2.75, 3.05) is 7.05 Å². The molecule has 1 aliphatic rings. The van der Waals surface area contributed by atoms with E-state index in [1.165, 1.54) is 7.05 Å². The summed E-state index contributed by atoms with van der Waals surface area (Å²) in [6, 6.07) is 8.78. The van der Waals surface area contributed by atoms with Gasteiger partial charge in [-0.05, 0) is 12.0 Å². The predicted octanol–water partition coefficient (Wildman–Crippen LogP) is 1.32. The maximum Gasteiger partial charge on any atom is 0.303 e. The van der Waals surface area contributed by atoms with Crippen LogP contribution < -0.4 is 5.32 Å². The van der Waals surface area contributed by atoms with Crippen molar-refractivity contribution < 1.29 is 19.5 Å². The van der Waals surface area contributed by atoms with Crippen molar-refractivity contribution in [3.63, 3.8) is 0 Å². The maximum absolute atomic E-state index is 12.4. The largest absolute Gasteiger partial charge is 0.481 e. The molecule has 1 aromatic rings. The SMILES string of the molecule is CN1N=C(C(=O)NC(CCC(=O)O)c2ccccc2)CCC1=O. The zero-order valence-electron chi connectivity index (χ0n) is 12.9. The Hall–Kier alpha value is -2.70. The summed E-state index contributed by atoms with van der Waals surface area (Å²) in [6.45, 7) is 0. The van der Waals surface area contributed by atoms with E-state index >= 15 is 0 Å². The molecule has 2 amide bonds. The Balaban J connectivity index is 2.11.